The Morgan fingerprint density at radius 3 is 1.29 bits per heavy atom. The number of aliphatic carboxylic acids is 4. The molecule has 4 N–H and O–H groups in total. The van der Waals surface area contributed by atoms with Crippen LogP contribution in [-0.4, -0.2) is 67.4 Å². The highest BCUT2D eigenvalue weighted by atomic mass is 16.6. The fourth-order valence-electron chi connectivity index (χ4n) is 4.37. The van der Waals surface area contributed by atoms with Gasteiger partial charge >= 0.3 is 35.8 Å². The summed E-state index contributed by atoms with van der Waals surface area (Å²) in [6.07, 6.45) is -0.383. The fraction of sp³-hybridized carbons (Fsp3) is 0.684. The molecule has 12 heteroatoms. The van der Waals surface area contributed by atoms with E-state index >= 15 is 0 Å². The molecule has 0 heterocycles. The lowest BCUT2D eigenvalue weighted by Gasteiger charge is -2.38. The molecule has 0 aromatic carbocycles. The van der Waals surface area contributed by atoms with Crippen molar-refractivity contribution in [1.29, 1.82) is 0 Å². The third-order valence-corrected chi connectivity index (χ3v) is 5.91. The van der Waals surface area contributed by atoms with Crippen LogP contribution in [0.3, 0.4) is 0 Å². The Morgan fingerprint density at radius 1 is 0.645 bits per heavy atom. The summed E-state index contributed by atoms with van der Waals surface area (Å²) >= 11 is 0. The van der Waals surface area contributed by atoms with E-state index in [2.05, 4.69) is 0 Å². The molecule has 0 saturated heterocycles. The highest BCUT2D eigenvalue weighted by Crippen LogP contribution is 2.39. The molecule has 4 unspecified atom stereocenters. The number of rotatable bonds is 8. The van der Waals surface area contributed by atoms with Crippen LogP contribution in [-0.2, 0) is 38.2 Å². The number of hydrogen-bond acceptors (Lipinski definition) is 8. The van der Waals surface area contributed by atoms with Gasteiger partial charge < -0.3 is 29.9 Å². The normalized spacial score (nSPS) is 30.6. The maximum atomic E-state index is 12.3. The van der Waals surface area contributed by atoms with Gasteiger partial charge in [0, 0.05) is 0 Å². The Labute approximate surface area is 176 Å². The average Bonchev–Trinajstić information content (AvgIpc) is 2.67. The van der Waals surface area contributed by atoms with Crippen molar-refractivity contribution in [3.8, 4) is 0 Å². The highest BCUT2D eigenvalue weighted by molar-refractivity contribution is 5.96. The zero-order valence-electron chi connectivity index (χ0n) is 16.6. The quantitative estimate of drug-likeness (QED) is 0.301. The molecule has 0 bridgehead atoms. The standard InChI is InChI=1S/C19H24O12/c20-12(30-18(16(26)27)7-3-1-5-10(18)14(22)23)9-13(21)31-19(17(28)29)8-4-2-6-11(19)15(24)25/h10-11H,1-9H2,(H,22,23)(H,24,25)(H,26,27)(H,28,29). The zero-order chi connectivity index (χ0) is 23.4. The lowest BCUT2D eigenvalue weighted by atomic mass is 9.75. The van der Waals surface area contributed by atoms with Gasteiger partial charge in [0.1, 0.15) is 18.3 Å². The van der Waals surface area contributed by atoms with Gasteiger partial charge in [-0.15, -0.1) is 0 Å². The molecular weight excluding hydrogens is 420 g/mol. The Bertz CT molecular complexity index is 725. The number of carboxylic acid groups (broad SMARTS) is 4. The molecule has 2 rings (SSSR count). The Morgan fingerprint density at radius 2 is 1.00 bits per heavy atom. The van der Waals surface area contributed by atoms with Crippen molar-refractivity contribution in [3.05, 3.63) is 0 Å². The number of carbonyl (C=O) groups excluding carboxylic acids is 2. The van der Waals surface area contributed by atoms with Gasteiger partial charge in [-0.3, -0.25) is 19.2 Å². The van der Waals surface area contributed by atoms with Crippen LogP contribution in [0.1, 0.15) is 57.8 Å². The van der Waals surface area contributed by atoms with Gasteiger partial charge in [0.15, 0.2) is 0 Å². The van der Waals surface area contributed by atoms with Crippen LogP contribution in [0.15, 0.2) is 0 Å². The minimum absolute atomic E-state index is 0.0399. The zero-order valence-corrected chi connectivity index (χ0v) is 16.6. The predicted molar refractivity (Wildman–Crippen MR) is 96.7 cm³/mol. The molecule has 2 saturated carbocycles. The van der Waals surface area contributed by atoms with Crippen LogP contribution in [0, 0.1) is 11.8 Å². The second-order valence-corrected chi connectivity index (χ2v) is 7.79. The molecule has 31 heavy (non-hydrogen) atoms. The van der Waals surface area contributed by atoms with Crippen LogP contribution in [0.25, 0.3) is 0 Å². The molecule has 0 amide bonds. The van der Waals surface area contributed by atoms with Gasteiger partial charge in [-0.2, -0.15) is 0 Å². The molecular formula is C19H24O12. The summed E-state index contributed by atoms with van der Waals surface area (Å²) in [4.78, 5) is 71.1. The minimum Gasteiger partial charge on any atom is -0.481 e. The second kappa shape index (κ2) is 9.31. The monoisotopic (exact) mass is 444 g/mol. The highest BCUT2D eigenvalue weighted by Gasteiger charge is 2.56. The Balaban J connectivity index is 2.17. The predicted octanol–water partition coefficient (Wildman–Crippen LogP) is 0.659. The second-order valence-electron chi connectivity index (χ2n) is 7.79. The van der Waals surface area contributed by atoms with E-state index in [1.54, 1.807) is 0 Å². The number of carbonyl (C=O) groups is 6. The van der Waals surface area contributed by atoms with Crippen molar-refractivity contribution in [2.75, 3.05) is 0 Å². The summed E-state index contributed by atoms with van der Waals surface area (Å²) in [5.41, 5.74) is -4.72. The first kappa shape index (κ1) is 24.1. The number of ether oxygens (including phenoxy) is 2. The van der Waals surface area contributed by atoms with Crippen LogP contribution < -0.4 is 0 Å². The van der Waals surface area contributed by atoms with E-state index in [0.29, 0.717) is 12.8 Å². The van der Waals surface area contributed by atoms with E-state index in [1.165, 1.54) is 0 Å². The number of esters is 2. The summed E-state index contributed by atoms with van der Waals surface area (Å²) in [6.45, 7) is 0. The van der Waals surface area contributed by atoms with Gasteiger partial charge in [0.25, 0.3) is 0 Å². The molecule has 2 fully saturated rings. The minimum atomic E-state index is -2.36. The van der Waals surface area contributed by atoms with E-state index in [9.17, 15) is 49.2 Å². The van der Waals surface area contributed by atoms with Gasteiger partial charge in [-0.25, -0.2) is 9.59 Å². The Hall–Kier alpha value is -3.18. The molecule has 0 aliphatic heterocycles. The molecule has 12 nitrogen and oxygen atoms in total. The summed E-state index contributed by atoms with van der Waals surface area (Å²) in [6, 6.07) is 0. The van der Waals surface area contributed by atoms with E-state index in [-0.39, 0.29) is 38.5 Å². The third-order valence-electron chi connectivity index (χ3n) is 5.91. The summed E-state index contributed by atoms with van der Waals surface area (Å²) < 4.78 is 9.92. The first-order chi connectivity index (χ1) is 14.5. The Kier molecular flexibility index (Phi) is 7.24. The van der Waals surface area contributed by atoms with Gasteiger partial charge in [-0.05, 0) is 38.5 Å². The topological polar surface area (TPSA) is 202 Å². The molecule has 2 aliphatic carbocycles. The van der Waals surface area contributed by atoms with Gasteiger partial charge in [-0.1, -0.05) is 12.8 Å². The van der Waals surface area contributed by atoms with E-state index in [0.717, 1.165) is 0 Å². The maximum Gasteiger partial charge on any atom is 0.349 e. The summed E-state index contributed by atoms with van der Waals surface area (Å²) in [7, 11) is 0. The summed E-state index contributed by atoms with van der Waals surface area (Å²) in [5.74, 6) is -12.1. The lowest BCUT2D eigenvalue weighted by Crippen LogP contribution is -2.55. The molecule has 2 aliphatic rings. The average molecular weight is 444 g/mol. The number of hydrogen-bond donors (Lipinski definition) is 4. The van der Waals surface area contributed by atoms with Gasteiger partial charge in [0.05, 0.1) is 0 Å². The van der Waals surface area contributed by atoms with Crippen molar-refractivity contribution < 1.29 is 58.7 Å². The molecule has 172 valence electrons. The van der Waals surface area contributed by atoms with E-state index in [4.69, 9.17) is 9.47 Å². The first-order valence-electron chi connectivity index (χ1n) is 9.82. The maximum absolute atomic E-state index is 12.3. The summed E-state index contributed by atoms with van der Waals surface area (Å²) in [5, 5.41) is 37.8. The molecule has 0 aromatic heterocycles. The van der Waals surface area contributed by atoms with Crippen LogP contribution in [0.2, 0.25) is 0 Å². The van der Waals surface area contributed by atoms with Crippen molar-refractivity contribution in [1.82, 2.24) is 0 Å². The van der Waals surface area contributed by atoms with E-state index in [1.807, 2.05) is 0 Å². The first-order valence-corrected chi connectivity index (χ1v) is 9.82. The van der Waals surface area contributed by atoms with Crippen molar-refractivity contribution in [2.24, 2.45) is 11.8 Å². The van der Waals surface area contributed by atoms with Crippen LogP contribution in [0.4, 0.5) is 0 Å². The van der Waals surface area contributed by atoms with Crippen LogP contribution in [0.5, 0.6) is 0 Å². The molecule has 0 spiro atoms. The van der Waals surface area contributed by atoms with Crippen molar-refractivity contribution in [3.63, 3.8) is 0 Å². The molecule has 4 atom stereocenters. The fourth-order valence-corrected chi connectivity index (χ4v) is 4.37. The number of carboxylic acids is 4. The lowest BCUT2D eigenvalue weighted by molar-refractivity contribution is -0.202. The third kappa shape index (κ3) is 4.78. The molecule has 0 aromatic rings. The molecule has 0 radical (unpaired) electrons. The van der Waals surface area contributed by atoms with Gasteiger partial charge in [0.2, 0.25) is 11.2 Å². The van der Waals surface area contributed by atoms with E-state index < -0.39 is 65.3 Å². The SMILES string of the molecule is O=C(CC(=O)OC1(C(=O)O)CCCCC1C(=O)O)OC1(C(=O)O)CCCCC1C(=O)O. The van der Waals surface area contributed by atoms with Crippen molar-refractivity contribution in [2.45, 2.75) is 69.0 Å². The van der Waals surface area contributed by atoms with Crippen LogP contribution >= 0.6 is 0 Å². The largest absolute Gasteiger partial charge is 0.481 e. The smallest absolute Gasteiger partial charge is 0.349 e. The van der Waals surface area contributed by atoms with Crippen molar-refractivity contribution >= 4 is 35.8 Å².